The number of aromatic nitrogens is 3. The Kier molecular flexibility index (Phi) is 7.18. The molecule has 1 aromatic carbocycles. The van der Waals surface area contributed by atoms with E-state index in [-0.39, 0.29) is 34.3 Å². The molecule has 0 fully saturated rings. The Morgan fingerprint density at radius 2 is 1.93 bits per heavy atom. The maximum Gasteiger partial charge on any atom is 0.337 e. The van der Waals surface area contributed by atoms with E-state index in [4.69, 9.17) is 23.2 Å². The van der Waals surface area contributed by atoms with Crippen molar-refractivity contribution in [2.75, 3.05) is 11.4 Å². The number of carbonyl (C=O) groups is 2. The fourth-order valence-electron chi connectivity index (χ4n) is 2.88. The Bertz CT molecular complexity index is 1140. The van der Waals surface area contributed by atoms with Crippen molar-refractivity contribution >= 4 is 72.6 Å². The monoisotopic (exact) mass is 574 g/mol. The van der Waals surface area contributed by atoms with Crippen molar-refractivity contribution in [2.45, 2.75) is 13.3 Å². The summed E-state index contributed by atoms with van der Waals surface area (Å²) in [5.74, 6) is -1.43. The van der Waals surface area contributed by atoms with Crippen LogP contribution in [0.15, 0.2) is 45.6 Å². The highest BCUT2D eigenvalue weighted by molar-refractivity contribution is 9.10. The first kappa shape index (κ1) is 22.7. The lowest BCUT2D eigenvalue weighted by atomic mass is 10.1. The molecule has 7 nitrogen and oxygen atoms in total. The molecule has 0 bridgehead atoms. The lowest BCUT2D eigenvalue weighted by Gasteiger charge is -2.25. The first-order valence-corrected chi connectivity index (χ1v) is 11.0. The number of amides is 1. The van der Waals surface area contributed by atoms with E-state index in [1.165, 1.54) is 27.9 Å². The van der Waals surface area contributed by atoms with E-state index in [1.807, 2.05) is 6.92 Å². The normalized spacial score (nSPS) is 10.8. The summed E-state index contributed by atoms with van der Waals surface area (Å²) in [7, 11) is 0. The number of rotatable bonds is 6. The summed E-state index contributed by atoms with van der Waals surface area (Å²) in [4.78, 5) is 31.0. The quantitative estimate of drug-likeness (QED) is 0.397. The first-order valence-electron chi connectivity index (χ1n) is 8.65. The standard InChI is InChI=1S/C19H14Br2Cl2N4O3/c1-2-6-26(16-11(19(29)30)7-10(20)8-13(16)23)18(28)14-9-15(21)25-27(14)17-12(22)4-3-5-24-17/h3-5,7-9H,2,6H2,1H3,(H,29,30). The molecule has 1 amide bonds. The van der Waals surface area contributed by atoms with Gasteiger partial charge in [-0.3, -0.25) is 4.79 Å². The van der Waals surface area contributed by atoms with Gasteiger partial charge in [-0.05, 0) is 46.6 Å². The van der Waals surface area contributed by atoms with Crippen LogP contribution in [-0.4, -0.2) is 38.3 Å². The van der Waals surface area contributed by atoms with E-state index in [9.17, 15) is 14.7 Å². The van der Waals surface area contributed by atoms with Crippen LogP contribution < -0.4 is 4.90 Å². The Balaban J connectivity index is 2.19. The van der Waals surface area contributed by atoms with Crippen LogP contribution in [0.3, 0.4) is 0 Å². The van der Waals surface area contributed by atoms with Gasteiger partial charge in [0.25, 0.3) is 5.91 Å². The number of carboxylic acid groups (broad SMARTS) is 1. The fourth-order valence-corrected chi connectivity index (χ4v) is 4.37. The molecule has 0 saturated carbocycles. The van der Waals surface area contributed by atoms with Crippen molar-refractivity contribution in [3.8, 4) is 5.82 Å². The summed E-state index contributed by atoms with van der Waals surface area (Å²) in [5, 5.41) is 14.4. The molecule has 11 heteroatoms. The Labute approximate surface area is 198 Å². The molecule has 30 heavy (non-hydrogen) atoms. The van der Waals surface area contributed by atoms with Gasteiger partial charge in [0.2, 0.25) is 0 Å². The summed E-state index contributed by atoms with van der Waals surface area (Å²) in [5.41, 5.74) is 0.152. The molecule has 1 N–H and O–H groups in total. The van der Waals surface area contributed by atoms with Crippen molar-refractivity contribution in [2.24, 2.45) is 0 Å². The van der Waals surface area contributed by atoms with Gasteiger partial charge in [0.1, 0.15) is 10.3 Å². The molecule has 3 aromatic rings. The molecule has 2 aromatic heterocycles. The number of pyridine rings is 1. The predicted molar refractivity (Wildman–Crippen MR) is 122 cm³/mol. The van der Waals surface area contributed by atoms with Gasteiger partial charge in [-0.2, -0.15) is 5.10 Å². The second-order valence-electron chi connectivity index (χ2n) is 6.12. The molecule has 0 saturated heterocycles. The lowest BCUT2D eigenvalue weighted by Crippen LogP contribution is -2.35. The molecular formula is C19H14Br2Cl2N4O3. The minimum absolute atomic E-state index is 0.0998. The molecule has 0 aliphatic heterocycles. The summed E-state index contributed by atoms with van der Waals surface area (Å²) in [6.45, 7) is 2.11. The highest BCUT2D eigenvalue weighted by Gasteiger charge is 2.29. The van der Waals surface area contributed by atoms with Crippen LogP contribution in [0, 0.1) is 0 Å². The first-order chi connectivity index (χ1) is 14.2. The van der Waals surface area contributed by atoms with Crippen molar-refractivity contribution in [3.63, 3.8) is 0 Å². The lowest BCUT2D eigenvalue weighted by molar-refractivity contribution is 0.0697. The summed E-state index contributed by atoms with van der Waals surface area (Å²) >= 11 is 19.1. The highest BCUT2D eigenvalue weighted by atomic mass is 79.9. The molecule has 0 spiro atoms. The number of carboxylic acids is 1. The van der Waals surface area contributed by atoms with Crippen molar-refractivity contribution in [1.29, 1.82) is 0 Å². The van der Waals surface area contributed by atoms with Gasteiger partial charge in [-0.15, -0.1) is 0 Å². The van der Waals surface area contributed by atoms with Crippen LogP contribution in [0.5, 0.6) is 0 Å². The fraction of sp³-hybridized carbons (Fsp3) is 0.158. The number of nitrogens with zero attached hydrogens (tertiary/aromatic N) is 4. The molecule has 2 heterocycles. The van der Waals surface area contributed by atoms with Crippen molar-refractivity contribution in [3.05, 3.63) is 66.9 Å². The molecular weight excluding hydrogens is 563 g/mol. The highest BCUT2D eigenvalue weighted by Crippen LogP contribution is 2.35. The molecule has 3 rings (SSSR count). The van der Waals surface area contributed by atoms with E-state index in [0.717, 1.165) is 0 Å². The second-order valence-corrected chi connectivity index (χ2v) is 8.66. The van der Waals surface area contributed by atoms with E-state index in [0.29, 0.717) is 20.5 Å². The van der Waals surface area contributed by atoms with Crippen molar-refractivity contribution < 1.29 is 14.7 Å². The molecule has 0 aliphatic rings. The Morgan fingerprint density at radius 1 is 1.20 bits per heavy atom. The number of benzene rings is 1. The predicted octanol–water partition coefficient (Wildman–Crippen LogP) is 5.85. The number of anilines is 1. The van der Waals surface area contributed by atoms with Gasteiger partial charge in [0, 0.05) is 23.3 Å². The maximum atomic E-state index is 13.6. The number of carbonyl (C=O) groups excluding carboxylic acids is 1. The summed E-state index contributed by atoms with van der Waals surface area (Å²) in [6.07, 6.45) is 2.10. The molecule has 156 valence electrons. The van der Waals surface area contributed by atoms with Crippen LogP contribution in [0.25, 0.3) is 5.82 Å². The van der Waals surface area contributed by atoms with E-state index >= 15 is 0 Å². The van der Waals surface area contributed by atoms with Crippen LogP contribution in [0.2, 0.25) is 10.0 Å². The zero-order chi connectivity index (χ0) is 22.0. The SMILES string of the molecule is CCCN(C(=O)c1cc(Br)nn1-c1ncccc1Cl)c1c(Cl)cc(Br)cc1C(=O)O. The zero-order valence-corrected chi connectivity index (χ0v) is 20.1. The maximum absolute atomic E-state index is 13.6. The van der Waals surface area contributed by atoms with Gasteiger partial charge in [-0.25, -0.2) is 14.5 Å². The third-order valence-electron chi connectivity index (χ3n) is 4.06. The Morgan fingerprint density at radius 3 is 2.57 bits per heavy atom. The molecule has 0 aliphatic carbocycles. The van der Waals surface area contributed by atoms with Crippen LogP contribution in [0.1, 0.15) is 34.2 Å². The Hall–Kier alpha value is -1.94. The van der Waals surface area contributed by atoms with Gasteiger partial charge < -0.3 is 10.0 Å². The zero-order valence-electron chi connectivity index (χ0n) is 15.4. The smallest absolute Gasteiger partial charge is 0.337 e. The van der Waals surface area contributed by atoms with E-state index in [2.05, 4.69) is 41.9 Å². The third-order valence-corrected chi connectivity index (χ3v) is 5.49. The number of aromatic carboxylic acids is 1. The molecule has 0 atom stereocenters. The van der Waals surface area contributed by atoms with Crippen LogP contribution in [0.4, 0.5) is 5.69 Å². The number of halogens is 4. The van der Waals surface area contributed by atoms with Crippen LogP contribution in [-0.2, 0) is 0 Å². The third kappa shape index (κ3) is 4.54. The van der Waals surface area contributed by atoms with Crippen LogP contribution >= 0.6 is 55.1 Å². The van der Waals surface area contributed by atoms with Gasteiger partial charge in [0.05, 0.1) is 21.3 Å². The molecule has 0 unspecified atom stereocenters. The van der Waals surface area contributed by atoms with E-state index < -0.39 is 11.9 Å². The number of hydrogen-bond acceptors (Lipinski definition) is 4. The largest absolute Gasteiger partial charge is 0.478 e. The number of hydrogen-bond donors (Lipinski definition) is 1. The topological polar surface area (TPSA) is 88.3 Å². The minimum Gasteiger partial charge on any atom is -0.478 e. The van der Waals surface area contributed by atoms with Gasteiger partial charge >= 0.3 is 5.97 Å². The summed E-state index contributed by atoms with van der Waals surface area (Å²) < 4.78 is 2.19. The molecule has 0 radical (unpaired) electrons. The average Bonchev–Trinajstić information content (AvgIpc) is 3.07. The van der Waals surface area contributed by atoms with Gasteiger partial charge in [0.15, 0.2) is 5.82 Å². The second kappa shape index (κ2) is 9.47. The summed E-state index contributed by atoms with van der Waals surface area (Å²) in [6, 6.07) is 7.76. The minimum atomic E-state index is -1.20. The van der Waals surface area contributed by atoms with Crippen molar-refractivity contribution in [1.82, 2.24) is 14.8 Å². The van der Waals surface area contributed by atoms with Gasteiger partial charge in [-0.1, -0.05) is 46.1 Å². The average molecular weight is 577 g/mol. The van der Waals surface area contributed by atoms with E-state index in [1.54, 1.807) is 18.2 Å².